The number of ether oxygens (including phenoxy) is 1. The Morgan fingerprint density at radius 2 is 2.15 bits per heavy atom. The fourth-order valence-electron chi connectivity index (χ4n) is 1.42. The molecule has 0 aliphatic carbocycles. The second kappa shape index (κ2) is 6.95. The van der Waals surface area contributed by atoms with Crippen molar-refractivity contribution in [2.24, 2.45) is 0 Å². The summed E-state index contributed by atoms with van der Waals surface area (Å²) in [5.41, 5.74) is -0.368. The van der Waals surface area contributed by atoms with E-state index in [1.54, 1.807) is 6.07 Å². The number of phenols is 1. The highest BCUT2D eigenvalue weighted by molar-refractivity contribution is 6.00. The van der Waals surface area contributed by atoms with Gasteiger partial charge in [0.15, 0.2) is 0 Å². The fraction of sp³-hybridized carbons (Fsp3) is 0.214. The largest absolute Gasteiger partial charge is 0.508 e. The van der Waals surface area contributed by atoms with Crippen LogP contribution in [0.15, 0.2) is 23.8 Å². The average Bonchev–Trinajstić information content (AvgIpc) is 2.43. The van der Waals surface area contributed by atoms with Gasteiger partial charge in [0.25, 0.3) is 0 Å². The van der Waals surface area contributed by atoms with Crippen LogP contribution in [0.1, 0.15) is 29.3 Å². The molecule has 0 radical (unpaired) electrons. The molecule has 1 aromatic carbocycles. The Kier molecular flexibility index (Phi) is 5.30. The predicted octanol–water partition coefficient (Wildman–Crippen LogP) is 1.95. The van der Waals surface area contributed by atoms with Crippen molar-refractivity contribution < 1.29 is 24.5 Å². The fourth-order valence-corrected chi connectivity index (χ4v) is 1.42. The molecule has 0 atom stereocenters. The molecule has 0 amide bonds. The molecule has 6 heteroatoms. The summed E-state index contributed by atoms with van der Waals surface area (Å²) in [7, 11) is 0. The van der Waals surface area contributed by atoms with E-state index in [-0.39, 0.29) is 29.1 Å². The van der Waals surface area contributed by atoms with Crippen molar-refractivity contribution in [2.75, 3.05) is 6.61 Å². The number of benzene rings is 1. The maximum absolute atomic E-state index is 11.6. The molecular formula is C14H13NO5. The van der Waals surface area contributed by atoms with Crippen LogP contribution in [0.25, 0.3) is 6.08 Å². The molecule has 1 aromatic rings. The topological polar surface area (TPSA) is 108 Å². The molecule has 1 rings (SSSR count). The van der Waals surface area contributed by atoms with Crippen LogP contribution in [0.3, 0.4) is 0 Å². The Balaban J connectivity index is 3.17. The number of nitriles is 1. The first-order valence-corrected chi connectivity index (χ1v) is 5.84. The predicted molar refractivity (Wildman–Crippen MR) is 69.9 cm³/mol. The third-order valence-corrected chi connectivity index (χ3v) is 2.34. The zero-order chi connectivity index (χ0) is 15.1. The second-order valence-electron chi connectivity index (χ2n) is 3.88. The minimum absolute atomic E-state index is 0.139. The van der Waals surface area contributed by atoms with Gasteiger partial charge in [0.05, 0.1) is 12.2 Å². The molecule has 0 bridgehead atoms. The van der Waals surface area contributed by atoms with E-state index in [1.165, 1.54) is 12.1 Å². The van der Waals surface area contributed by atoms with Crippen LogP contribution in [-0.4, -0.2) is 28.8 Å². The molecule has 0 heterocycles. The Labute approximate surface area is 115 Å². The highest BCUT2D eigenvalue weighted by Crippen LogP contribution is 2.19. The molecule has 0 spiro atoms. The summed E-state index contributed by atoms with van der Waals surface area (Å²) < 4.78 is 4.81. The van der Waals surface area contributed by atoms with Gasteiger partial charge in [-0.25, -0.2) is 9.59 Å². The zero-order valence-electron chi connectivity index (χ0n) is 10.8. The summed E-state index contributed by atoms with van der Waals surface area (Å²) >= 11 is 0. The van der Waals surface area contributed by atoms with E-state index in [0.717, 1.165) is 12.1 Å². The number of hydrogen-bond acceptors (Lipinski definition) is 5. The molecule has 0 aromatic heterocycles. The Morgan fingerprint density at radius 1 is 1.45 bits per heavy atom. The number of hydrogen-bond donors (Lipinski definition) is 2. The van der Waals surface area contributed by atoms with Crippen molar-refractivity contribution in [1.29, 1.82) is 5.26 Å². The van der Waals surface area contributed by atoms with Gasteiger partial charge < -0.3 is 14.9 Å². The van der Waals surface area contributed by atoms with Crippen molar-refractivity contribution in [3.05, 3.63) is 34.9 Å². The highest BCUT2D eigenvalue weighted by atomic mass is 16.5. The van der Waals surface area contributed by atoms with Crippen LogP contribution in [-0.2, 0) is 9.53 Å². The molecule has 0 aliphatic rings. The number of carboxylic acid groups (broad SMARTS) is 1. The van der Waals surface area contributed by atoms with Crippen LogP contribution < -0.4 is 0 Å². The maximum Gasteiger partial charge on any atom is 0.348 e. The van der Waals surface area contributed by atoms with Gasteiger partial charge in [-0.2, -0.15) is 5.26 Å². The van der Waals surface area contributed by atoms with Gasteiger partial charge in [-0.05, 0) is 30.2 Å². The number of aromatic carboxylic acids is 1. The minimum Gasteiger partial charge on any atom is -0.508 e. The number of nitrogens with zero attached hydrogens (tertiary/aromatic N) is 1. The van der Waals surface area contributed by atoms with Crippen LogP contribution in [0.5, 0.6) is 5.75 Å². The van der Waals surface area contributed by atoms with Gasteiger partial charge in [0, 0.05) is 0 Å². The van der Waals surface area contributed by atoms with E-state index in [4.69, 9.17) is 15.1 Å². The lowest BCUT2D eigenvalue weighted by atomic mass is 10.0. The number of carbonyl (C=O) groups is 2. The number of aromatic hydroxyl groups is 1. The molecule has 0 aliphatic heterocycles. The SMILES string of the molecule is CCCOC(=O)C(C#N)=Cc1ccc(O)cc1C(=O)O. The first-order chi connectivity index (χ1) is 9.49. The van der Waals surface area contributed by atoms with E-state index < -0.39 is 11.9 Å². The molecule has 104 valence electrons. The lowest BCUT2D eigenvalue weighted by molar-refractivity contribution is -0.138. The van der Waals surface area contributed by atoms with E-state index in [9.17, 15) is 14.7 Å². The summed E-state index contributed by atoms with van der Waals surface area (Å²) in [6.45, 7) is 1.99. The van der Waals surface area contributed by atoms with Gasteiger partial charge in [-0.15, -0.1) is 0 Å². The van der Waals surface area contributed by atoms with E-state index in [2.05, 4.69) is 0 Å². The molecular weight excluding hydrogens is 262 g/mol. The van der Waals surface area contributed by atoms with Gasteiger partial charge in [0.1, 0.15) is 17.4 Å². The summed E-state index contributed by atoms with van der Waals surface area (Å²) in [4.78, 5) is 22.6. The first kappa shape index (κ1) is 15.2. The minimum atomic E-state index is -1.27. The third kappa shape index (κ3) is 3.85. The quantitative estimate of drug-likeness (QED) is 0.483. The highest BCUT2D eigenvalue weighted by Gasteiger charge is 2.14. The van der Waals surface area contributed by atoms with Crippen molar-refractivity contribution >= 4 is 18.0 Å². The van der Waals surface area contributed by atoms with Crippen molar-refractivity contribution in [3.63, 3.8) is 0 Å². The lowest BCUT2D eigenvalue weighted by Crippen LogP contribution is -2.08. The molecule has 2 N–H and O–H groups in total. The van der Waals surface area contributed by atoms with Crippen molar-refractivity contribution in [1.82, 2.24) is 0 Å². The maximum atomic E-state index is 11.6. The van der Waals surface area contributed by atoms with Crippen molar-refractivity contribution in [3.8, 4) is 11.8 Å². The normalized spacial score (nSPS) is 10.7. The van der Waals surface area contributed by atoms with Gasteiger partial charge >= 0.3 is 11.9 Å². The number of phenolic OH excluding ortho intramolecular Hbond substituents is 1. The Morgan fingerprint density at radius 3 is 2.70 bits per heavy atom. The van der Waals surface area contributed by atoms with Gasteiger partial charge in [0.2, 0.25) is 0 Å². The summed E-state index contributed by atoms with van der Waals surface area (Å²) in [5, 5.41) is 27.2. The third-order valence-electron chi connectivity index (χ3n) is 2.34. The van der Waals surface area contributed by atoms with Crippen LogP contribution in [0.2, 0.25) is 0 Å². The number of carbonyl (C=O) groups excluding carboxylic acids is 1. The van der Waals surface area contributed by atoms with Crippen molar-refractivity contribution in [2.45, 2.75) is 13.3 Å². The number of esters is 1. The zero-order valence-corrected chi connectivity index (χ0v) is 10.8. The standard InChI is InChI=1S/C14H13NO5/c1-2-5-20-14(19)10(8-15)6-9-3-4-11(16)7-12(9)13(17)18/h3-4,6-7,16H,2,5H2,1H3,(H,17,18). The number of carboxylic acids is 1. The van der Waals surface area contributed by atoms with Gasteiger partial charge in [-0.3, -0.25) is 0 Å². The van der Waals surface area contributed by atoms with Crippen LogP contribution in [0, 0.1) is 11.3 Å². The van der Waals surface area contributed by atoms with Gasteiger partial charge in [-0.1, -0.05) is 13.0 Å². The van der Waals surface area contributed by atoms with Crippen LogP contribution >= 0.6 is 0 Å². The summed E-state index contributed by atoms with van der Waals surface area (Å²) in [6.07, 6.45) is 1.74. The Hall–Kier alpha value is -2.81. The summed E-state index contributed by atoms with van der Waals surface area (Å²) in [5.74, 6) is -2.29. The lowest BCUT2D eigenvalue weighted by Gasteiger charge is -2.04. The molecule has 0 unspecified atom stereocenters. The van der Waals surface area contributed by atoms with E-state index >= 15 is 0 Å². The molecule has 0 fully saturated rings. The average molecular weight is 275 g/mol. The smallest absolute Gasteiger partial charge is 0.348 e. The van der Waals surface area contributed by atoms with E-state index in [1.807, 2.05) is 6.92 Å². The monoisotopic (exact) mass is 275 g/mol. The first-order valence-electron chi connectivity index (χ1n) is 5.84. The molecule has 0 saturated carbocycles. The second-order valence-corrected chi connectivity index (χ2v) is 3.88. The molecule has 20 heavy (non-hydrogen) atoms. The van der Waals surface area contributed by atoms with Crippen LogP contribution in [0.4, 0.5) is 0 Å². The number of rotatable bonds is 5. The summed E-state index contributed by atoms with van der Waals surface area (Å²) in [6, 6.07) is 5.29. The molecule has 0 saturated heterocycles. The Bertz CT molecular complexity index is 598. The molecule has 6 nitrogen and oxygen atoms in total. The van der Waals surface area contributed by atoms with E-state index in [0.29, 0.717) is 6.42 Å².